The molecule has 3 heteroatoms. The number of hydrogen-bond donors (Lipinski definition) is 0. The lowest BCUT2D eigenvalue weighted by Crippen LogP contribution is -2.12. The van der Waals surface area contributed by atoms with Crippen LogP contribution in [0.2, 0.25) is 0 Å². The molecule has 0 aromatic heterocycles. The summed E-state index contributed by atoms with van der Waals surface area (Å²) >= 11 is 0. The average Bonchev–Trinajstić information content (AvgIpc) is 2.62. The number of halogens is 3. The van der Waals surface area contributed by atoms with Crippen LogP contribution in [-0.2, 0) is 0 Å². The Morgan fingerprint density at radius 3 is 2.15 bits per heavy atom. The molecule has 1 fully saturated rings. The molecule has 1 saturated carbocycles. The third-order valence-electron chi connectivity index (χ3n) is 3.20. The summed E-state index contributed by atoms with van der Waals surface area (Å²) in [6.45, 7) is 6.22. The van der Waals surface area contributed by atoms with Crippen molar-refractivity contribution < 1.29 is 13.2 Å². The monoisotopic (exact) mass is 194 g/mol. The van der Waals surface area contributed by atoms with E-state index in [1.165, 1.54) is 0 Å². The molecule has 0 spiro atoms. The summed E-state index contributed by atoms with van der Waals surface area (Å²) in [5.41, 5.74) is 0. The van der Waals surface area contributed by atoms with E-state index < -0.39 is 12.6 Å². The summed E-state index contributed by atoms with van der Waals surface area (Å²) in [4.78, 5) is 0. The molecule has 0 aromatic carbocycles. The summed E-state index contributed by atoms with van der Waals surface area (Å²) in [7, 11) is 0. The number of hydrogen-bond acceptors (Lipinski definition) is 0. The molecule has 0 saturated heterocycles. The van der Waals surface area contributed by atoms with Gasteiger partial charge in [-0.25, -0.2) is 0 Å². The molecular weight excluding hydrogens is 177 g/mol. The first-order chi connectivity index (χ1) is 5.81. The van der Waals surface area contributed by atoms with Crippen LogP contribution in [-0.4, -0.2) is 6.18 Å². The quantitative estimate of drug-likeness (QED) is 0.639. The Morgan fingerprint density at radius 2 is 1.77 bits per heavy atom. The highest BCUT2D eigenvalue weighted by Gasteiger charge is 2.47. The number of rotatable bonds is 3. The van der Waals surface area contributed by atoms with Crippen LogP contribution >= 0.6 is 0 Å². The van der Waals surface area contributed by atoms with Gasteiger partial charge in [0, 0.05) is 6.42 Å². The molecule has 0 amide bonds. The zero-order chi connectivity index (χ0) is 10.2. The predicted octanol–water partition coefficient (Wildman–Crippen LogP) is 3.87. The van der Waals surface area contributed by atoms with E-state index in [2.05, 4.69) is 20.8 Å². The van der Waals surface area contributed by atoms with E-state index in [1.54, 1.807) is 0 Å². The van der Waals surface area contributed by atoms with E-state index in [0.717, 1.165) is 6.42 Å². The summed E-state index contributed by atoms with van der Waals surface area (Å²) in [6, 6.07) is 0. The fourth-order valence-corrected chi connectivity index (χ4v) is 1.94. The van der Waals surface area contributed by atoms with Crippen molar-refractivity contribution in [1.82, 2.24) is 0 Å². The molecule has 1 aliphatic rings. The highest BCUT2D eigenvalue weighted by atomic mass is 19.4. The first-order valence-corrected chi connectivity index (χ1v) is 4.88. The topological polar surface area (TPSA) is 0 Å². The fraction of sp³-hybridized carbons (Fsp3) is 1.00. The fourth-order valence-electron chi connectivity index (χ4n) is 1.94. The molecule has 0 aliphatic heterocycles. The summed E-state index contributed by atoms with van der Waals surface area (Å²) in [6.07, 6.45) is -3.76. The zero-order valence-corrected chi connectivity index (χ0v) is 8.36. The van der Waals surface area contributed by atoms with E-state index in [0.29, 0.717) is 17.8 Å². The van der Waals surface area contributed by atoms with Gasteiger partial charge >= 0.3 is 6.18 Å². The second-order valence-corrected chi connectivity index (χ2v) is 4.58. The maximum Gasteiger partial charge on any atom is 0.389 e. The van der Waals surface area contributed by atoms with Crippen LogP contribution in [0.15, 0.2) is 0 Å². The Bertz CT molecular complexity index is 171. The minimum atomic E-state index is -3.96. The smallest absolute Gasteiger partial charge is 0.171 e. The first-order valence-electron chi connectivity index (χ1n) is 4.88. The third-order valence-corrected chi connectivity index (χ3v) is 3.20. The van der Waals surface area contributed by atoms with Crippen molar-refractivity contribution in [2.24, 2.45) is 23.7 Å². The maximum absolute atomic E-state index is 12.0. The molecule has 0 N–H and O–H groups in total. The van der Waals surface area contributed by atoms with Gasteiger partial charge in [0.25, 0.3) is 0 Å². The predicted molar refractivity (Wildman–Crippen MR) is 46.3 cm³/mol. The van der Waals surface area contributed by atoms with E-state index in [1.807, 2.05) is 0 Å². The molecule has 3 atom stereocenters. The lowest BCUT2D eigenvalue weighted by molar-refractivity contribution is -0.139. The van der Waals surface area contributed by atoms with E-state index >= 15 is 0 Å². The van der Waals surface area contributed by atoms with Crippen molar-refractivity contribution in [2.45, 2.75) is 39.8 Å². The van der Waals surface area contributed by atoms with Gasteiger partial charge in [-0.15, -0.1) is 0 Å². The molecule has 1 aliphatic carbocycles. The van der Waals surface area contributed by atoms with Gasteiger partial charge < -0.3 is 0 Å². The van der Waals surface area contributed by atoms with Crippen LogP contribution in [0, 0.1) is 23.7 Å². The summed E-state index contributed by atoms with van der Waals surface area (Å²) < 4.78 is 36.0. The van der Waals surface area contributed by atoms with Crippen molar-refractivity contribution in [3.8, 4) is 0 Å². The lowest BCUT2D eigenvalue weighted by Gasteiger charge is -2.15. The Hall–Kier alpha value is -0.210. The Kier molecular flexibility index (Phi) is 2.93. The van der Waals surface area contributed by atoms with Gasteiger partial charge in [0.1, 0.15) is 0 Å². The van der Waals surface area contributed by atoms with Crippen molar-refractivity contribution >= 4 is 0 Å². The highest BCUT2D eigenvalue weighted by Crippen LogP contribution is 2.51. The molecular formula is C10H17F3. The van der Waals surface area contributed by atoms with Gasteiger partial charge in [-0.3, -0.25) is 0 Å². The van der Waals surface area contributed by atoms with E-state index in [4.69, 9.17) is 0 Å². The SMILES string of the molecule is CC(C)C(C)C1CC1CC(F)(F)F. The summed E-state index contributed by atoms with van der Waals surface area (Å²) in [5, 5.41) is 0. The van der Waals surface area contributed by atoms with Gasteiger partial charge in [0.2, 0.25) is 0 Å². The second kappa shape index (κ2) is 3.50. The highest BCUT2D eigenvalue weighted by molar-refractivity contribution is 4.91. The molecule has 0 heterocycles. The van der Waals surface area contributed by atoms with Crippen molar-refractivity contribution in [1.29, 1.82) is 0 Å². The third kappa shape index (κ3) is 3.20. The molecule has 13 heavy (non-hydrogen) atoms. The largest absolute Gasteiger partial charge is 0.389 e. The Morgan fingerprint density at radius 1 is 1.23 bits per heavy atom. The average molecular weight is 194 g/mol. The van der Waals surface area contributed by atoms with Crippen molar-refractivity contribution in [3.05, 3.63) is 0 Å². The molecule has 78 valence electrons. The Labute approximate surface area is 77.5 Å². The van der Waals surface area contributed by atoms with Gasteiger partial charge in [-0.05, 0) is 30.1 Å². The van der Waals surface area contributed by atoms with Crippen LogP contribution in [0.3, 0.4) is 0 Å². The number of alkyl halides is 3. The van der Waals surface area contributed by atoms with Gasteiger partial charge in [0.15, 0.2) is 0 Å². The van der Waals surface area contributed by atoms with Crippen LogP contribution in [0.5, 0.6) is 0 Å². The second-order valence-electron chi connectivity index (χ2n) is 4.58. The van der Waals surface area contributed by atoms with E-state index in [-0.39, 0.29) is 5.92 Å². The zero-order valence-electron chi connectivity index (χ0n) is 8.36. The first kappa shape index (κ1) is 10.9. The van der Waals surface area contributed by atoms with Gasteiger partial charge in [0.05, 0.1) is 0 Å². The summed E-state index contributed by atoms with van der Waals surface area (Å²) in [5.74, 6) is 1.18. The van der Waals surface area contributed by atoms with Crippen LogP contribution < -0.4 is 0 Å². The molecule has 3 unspecified atom stereocenters. The standard InChI is InChI=1S/C10H17F3/c1-6(2)7(3)9-4-8(9)5-10(11,12)13/h6-9H,4-5H2,1-3H3. The van der Waals surface area contributed by atoms with Gasteiger partial charge in [-0.1, -0.05) is 20.8 Å². The lowest BCUT2D eigenvalue weighted by atomic mass is 9.91. The minimum Gasteiger partial charge on any atom is -0.171 e. The van der Waals surface area contributed by atoms with Crippen LogP contribution in [0.25, 0.3) is 0 Å². The minimum absolute atomic E-state index is 0.0857. The molecule has 0 radical (unpaired) electrons. The van der Waals surface area contributed by atoms with Crippen LogP contribution in [0.4, 0.5) is 13.2 Å². The van der Waals surface area contributed by atoms with Crippen molar-refractivity contribution in [3.63, 3.8) is 0 Å². The molecule has 1 rings (SSSR count). The van der Waals surface area contributed by atoms with Gasteiger partial charge in [-0.2, -0.15) is 13.2 Å². The molecule has 0 aromatic rings. The normalized spacial score (nSPS) is 30.7. The van der Waals surface area contributed by atoms with Crippen LogP contribution in [0.1, 0.15) is 33.6 Å². The van der Waals surface area contributed by atoms with E-state index in [9.17, 15) is 13.2 Å². The molecule has 0 bridgehead atoms. The molecule has 0 nitrogen and oxygen atoms in total. The maximum atomic E-state index is 12.0. The van der Waals surface area contributed by atoms with Crippen molar-refractivity contribution in [2.75, 3.05) is 0 Å². The Balaban J connectivity index is 2.30.